The van der Waals surface area contributed by atoms with Crippen molar-refractivity contribution >= 4 is 16.8 Å². The number of hydrogen-bond donors (Lipinski definition) is 2. The molecule has 3 nitrogen and oxygen atoms in total. The molecular weight excluding hydrogens is 279 g/mol. The van der Waals surface area contributed by atoms with E-state index in [2.05, 4.69) is 10.3 Å². The van der Waals surface area contributed by atoms with E-state index in [-0.39, 0.29) is 11.7 Å². The summed E-state index contributed by atoms with van der Waals surface area (Å²) in [6.45, 7) is 0.509. The average molecular weight is 296 g/mol. The number of aromatic nitrogens is 1. The molecule has 0 saturated heterocycles. The van der Waals surface area contributed by atoms with Gasteiger partial charge in [0.2, 0.25) is 5.91 Å². The second kappa shape index (κ2) is 6.43. The molecule has 0 aliphatic heterocycles. The van der Waals surface area contributed by atoms with Crippen LogP contribution < -0.4 is 5.32 Å². The van der Waals surface area contributed by atoms with E-state index in [1.807, 2.05) is 36.5 Å². The van der Waals surface area contributed by atoms with Crippen LogP contribution in [0.15, 0.2) is 54.7 Å². The first kappa shape index (κ1) is 14.3. The minimum absolute atomic E-state index is 0.0220. The van der Waals surface area contributed by atoms with E-state index < -0.39 is 0 Å². The van der Waals surface area contributed by atoms with Crippen LogP contribution in [0.5, 0.6) is 0 Å². The minimum Gasteiger partial charge on any atom is -0.361 e. The standard InChI is InChI=1S/C18H17FN2O/c19-16-3-1-2-13(11-16)6-8-21-18(22)12-14-4-5-17-15(10-14)7-9-20-17/h1-5,7,9-11,20H,6,8,12H2,(H,21,22). The zero-order valence-corrected chi connectivity index (χ0v) is 12.1. The van der Waals surface area contributed by atoms with Crippen LogP contribution in [0.3, 0.4) is 0 Å². The van der Waals surface area contributed by atoms with Crippen LogP contribution in [0.25, 0.3) is 10.9 Å². The molecule has 0 unspecified atom stereocenters. The van der Waals surface area contributed by atoms with Crippen molar-refractivity contribution < 1.29 is 9.18 Å². The van der Waals surface area contributed by atoms with Crippen molar-refractivity contribution in [1.29, 1.82) is 0 Å². The Morgan fingerprint density at radius 2 is 2.00 bits per heavy atom. The monoisotopic (exact) mass is 296 g/mol. The van der Waals surface area contributed by atoms with Gasteiger partial charge in [-0.05, 0) is 53.3 Å². The number of carbonyl (C=O) groups is 1. The fourth-order valence-electron chi connectivity index (χ4n) is 2.50. The van der Waals surface area contributed by atoms with Crippen molar-refractivity contribution in [3.05, 3.63) is 71.7 Å². The lowest BCUT2D eigenvalue weighted by Crippen LogP contribution is -2.27. The molecule has 0 bridgehead atoms. The van der Waals surface area contributed by atoms with Gasteiger partial charge in [-0.2, -0.15) is 0 Å². The Morgan fingerprint density at radius 3 is 2.86 bits per heavy atom. The van der Waals surface area contributed by atoms with E-state index >= 15 is 0 Å². The third-order valence-electron chi connectivity index (χ3n) is 3.61. The molecule has 0 aliphatic rings. The van der Waals surface area contributed by atoms with Crippen molar-refractivity contribution in [3.63, 3.8) is 0 Å². The fourth-order valence-corrected chi connectivity index (χ4v) is 2.50. The summed E-state index contributed by atoms with van der Waals surface area (Å²) < 4.78 is 13.1. The Balaban J connectivity index is 1.51. The zero-order chi connectivity index (χ0) is 15.4. The third-order valence-corrected chi connectivity index (χ3v) is 3.61. The van der Waals surface area contributed by atoms with Crippen molar-refractivity contribution in [3.8, 4) is 0 Å². The summed E-state index contributed by atoms with van der Waals surface area (Å²) in [7, 11) is 0. The first-order chi connectivity index (χ1) is 10.7. The molecule has 22 heavy (non-hydrogen) atoms. The number of hydrogen-bond acceptors (Lipinski definition) is 1. The highest BCUT2D eigenvalue weighted by Gasteiger charge is 2.04. The summed E-state index contributed by atoms with van der Waals surface area (Å²) in [5, 5.41) is 3.97. The average Bonchev–Trinajstić information content (AvgIpc) is 2.95. The summed E-state index contributed by atoms with van der Waals surface area (Å²) in [5.41, 5.74) is 2.93. The maximum absolute atomic E-state index is 13.1. The van der Waals surface area contributed by atoms with Crippen LogP contribution in [0.4, 0.5) is 4.39 Å². The lowest BCUT2D eigenvalue weighted by molar-refractivity contribution is -0.120. The normalized spacial score (nSPS) is 10.8. The second-order valence-electron chi connectivity index (χ2n) is 5.31. The number of fused-ring (bicyclic) bond motifs is 1. The Kier molecular flexibility index (Phi) is 4.19. The molecule has 0 radical (unpaired) electrons. The van der Waals surface area contributed by atoms with Crippen molar-refractivity contribution in [1.82, 2.24) is 10.3 Å². The van der Waals surface area contributed by atoms with Crippen molar-refractivity contribution in [2.24, 2.45) is 0 Å². The SMILES string of the molecule is O=C(Cc1ccc2[nH]ccc2c1)NCCc1cccc(F)c1. The second-order valence-corrected chi connectivity index (χ2v) is 5.31. The highest BCUT2D eigenvalue weighted by molar-refractivity contribution is 5.83. The molecule has 1 aromatic heterocycles. The zero-order valence-electron chi connectivity index (χ0n) is 12.1. The van der Waals surface area contributed by atoms with Gasteiger partial charge in [0.25, 0.3) is 0 Å². The smallest absolute Gasteiger partial charge is 0.224 e. The van der Waals surface area contributed by atoms with E-state index in [9.17, 15) is 9.18 Å². The number of H-pyrrole nitrogens is 1. The molecule has 2 N–H and O–H groups in total. The van der Waals surface area contributed by atoms with Gasteiger partial charge in [-0.15, -0.1) is 0 Å². The van der Waals surface area contributed by atoms with Crippen molar-refractivity contribution in [2.75, 3.05) is 6.54 Å². The number of rotatable bonds is 5. The predicted octanol–water partition coefficient (Wildman–Crippen LogP) is 3.21. The van der Waals surface area contributed by atoms with Crippen LogP contribution in [0, 0.1) is 5.82 Å². The molecule has 2 aromatic carbocycles. The molecular formula is C18H17FN2O. The first-order valence-corrected chi connectivity index (χ1v) is 7.28. The summed E-state index contributed by atoms with van der Waals surface area (Å²) in [5.74, 6) is -0.269. The first-order valence-electron chi connectivity index (χ1n) is 7.28. The van der Waals surface area contributed by atoms with E-state index in [1.54, 1.807) is 6.07 Å². The van der Waals surface area contributed by atoms with Crippen LogP contribution in [0.1, 0.15) is 11.1 Å². The molecule has 0 fully saturated rings. The molecule has 4 heteroatoms. The highest BCUT2D eigenvalue weighted by Crippen LogP contribution is 2.14. The topological polar surface area (TPSA) is 44.9 Å². The minimum atomic E-state index is -0.247. The van der Waals surface area contributed by atoms with Crippen LogP contribution >= 0.6 is 0 Å². The molecule has 3 rings (SSSR count). The van der Waals surface area contributed by atoms with Crippen LogP contribution in [-0.2, 0) is 17.6 Å². The summed E-state index contributed by atoms with van der Waals surface area (Å²) in [6.07, 6.45) is 2.86. The Labute approximate surface area is 128 Å². The van der Waals surface area contributed by atoms with E-state index in [0.717, 1.165) is 22.0 Å². The van der Waals surface area contributed by atoms with Gasteiger partial charge < -0.3 is 10.3 Å². The molecule has 112 valence electrons. The fraction of sp³-hybridized carbons (Fsp3) is 0.167. The Morgan fingerprint density at radius 1 is 1.09 bits per heavy atom. The lowest BCUT2D eigenvalue weighted by atomic mass is 10.1. The number of aromatic amines is 1. The Bertz CT molecular complexity index is 794. The van der Waals surface area contributed by atoms with Gasteiger partial charge in [-0.1, -0.05) is 18.2 Å². The summed E-state index contributed by atoms with van der Waals surface area (Å²) in [6, 6.07) is 14.4. The highest BCUT2D eigenvalue weighted by atomic mass is 19.1. The number of halogens is 1. The quantitative estimate of drug-likeness (QED) is 0.746. The van der Waals surface area contributed by atoms with Gasteiger partial charge in [0.1, 0.15) is 5.82 Å². The summed E-state index contributed by atoms with van der Waals surface area (Å²) >= 11 is 0. The molecule has 1 amide bonds. The van der Waals surface area contributed by atoms with E-state index in [4.69, 9.17) is 0 Å². The molecule has 0 atom stereocenters. The predicted molar refractivity (Wildman–Crippen MR) is 85.1 cm³/mol. The van der Waals surface area contributed by atoms with Crippen LogP contribution in [-0.4, -0.2) is 17.4 Å². The van der Waals surface area contributed by atoms with Gasteiger partial charge in [0.05, 0.1) is 6.42 Å². The van der Waals surface area contributed by atoms with Gasteiger partial charge in [0, 0.05) is 18.3 Å². The van der Waals surface area contributed by atoms with E-state index in [0.29, 0.717) is 19.4 Å². The number of carbonyl (C=O) groups excluding carboxylic acids is 1. The largest absolute Gasteiger partial charge is 0.361 e. The molecule has 0 aliphatic carbocycles. The molecule has 3 aromatic rings. The van der Waals surface area contributed by atoms with Gasteiger partial charge >= 0.3 is 0 Å². The number of amides is 1. The Hall–Kier alpha value is -2.62. The van der Waals surface area contributed by atoms with Gasteiger partial charge in [-0.3, -0.25) is 4.79 Å². The van der Waals surface area contributed by atoms with E-state index in [1.165, 1.54) is 12.1 Å². The van der Waals surface area contributed by atoms with Crippen molar-refractivity contribution in [2.45, 2.75) is 12.8 Å². The number of benzene rings is 2. The lowest BCUT2D eigenvalue weighted by Gasteiger charge is -2.06. The summed E-state index contributed by atoms with van der Waals surface area (Å²) in [4.78, 5) is 15.1. The third kappa shape index (κ3) is 3.52. The number of nitrogens with one attached hydrogen (secondary N) is 2. The maximum atomic E-state index is 13.1. The van der Waals surface area contributed by atoms with Gasteiger partial charge in [-0.25, -0.2) is 4.39 Å². The molecule has 0 spiro atoms. The molecule has 1 heterocycles. The maximum Gasteiger partial charge on any atom is 0.224 e. The van der Waals surface area contributed by atoms with Gasteiger partial charge in [0.15, 0.2) is 0 Å². The van der Waals surface area contributed by atoms with Crippen LogP contribution in [0.2, 0.25) is 0 Å². The molecule has 0 saturated carbocycles.